The van der Waals surface area contributed by atoms with Crippen molar-refractivity contribution in [2.24, 2.45) is 7.05 Å². The van der Waals surface area contributed by atoms with Crippen molar-refractivity contribution in [1.29, 1.82) is 0 Å². The van der Waals surface area contributed by atoms with Crippen molar-refractivity contribution in [2.45, 2.75) is 26.4 Å². The fourth-order valence-corrected chi connectivity index (χ4v) is 3.14. The summed E-state index contributed by atoms with van der Waals surface area (Å²) in [7, 11) is 1.53. The van der Waals surface area contributed by atoms with E-state index in [4.69, 9.17) is 16.3 Å². The predicted octanol–water partition coefficient (Wildman–Crippen LogP) is 2.63. The molecule has 0 unspecified atom stereocenters. The Bertz CT molecular complexity index is 930. The first-order valence-electron chi connectivity index (χ1n) is 9.32. The molecule has 9 nitrogen and oxygen atoms in total. The summed E-state index contributed by atoms with van der Waals surface area (Å²) in [6.07, 6.45) is 1.45. The average Bonchev–Trinajstić information content (AvgIpc) is 2.65. The molecule has 1 N–H and O–H groups in total. The molecule has 29 heavy (non-hydrogen) atoms. The maximum Gasteiger partial charge on any atom is 0.410 e. The molecule has 2 aromatic heterocycles. The van der Waals surface area contributed by atoms with Gasteiger partial charge in [-0.1, -0.05) is 11.6 Å². The minimum Gasteiger partial charge on any atom is -0.444 e. The lowest BCUT2D eigenvalue weighted by molar-refractivity contribution is 0.0240. The number of pyridine rings is 1. The van der Waals surface area contributed by atoms with Gasteiger partial charge in [0, 0.05) is 39.3 Å². The molecule has 0 radical (unpaired) electrons. The van der Waals surface area contributed by atoms with Crippen LogP contribution in [0.4, 0.5) is 22.0 Å². The Morgan fingerprint density at radius 1 is 1.21 bits per heavy atom. The van der Waals surface area contributed by atoms with Crippen LogP contribution in [0.15, 0.2) is 29.2 Å². The summed E-state index contributed by atoms with van der Waals surface area (Å²) in [4.78, 5) is 32.5. The quantitative estimate of drug-likeness (QED) is 0.815. The molecule has 0 aliphatic carbocycles. The zero-order valence-electron chi connectivity index (χ0n) is 17.0. The van der Waals surface area contributed by atoms with Crippen LogP contribution in [0.5, 0.6) is 0 Å². The molecule has 1 aliphatic heterocycles. The molecule has 10 heteroatoms. The second kappa shape index (κ2) is 8.28. The molecule has 0 atom stereocenters. The standard InChI is InChI=1S/C19H25ClN6O3/c1-19(2,3)29-18(28)26-9-7-25(8-10-26)13-5-6-16(21-12-13)22-14-11-15(20)23-24(4)17(14)27/h5-6,11-12H,7-10H2,1-4H3,(H,21,22). The summed E-state index contributed by atoms with van der Waals surface area (Å²) in [6, 6.07) is 5.18. The average molecular weight is 421 g/mol. The van der Waals surface area contributed by atoms with Gasteiger partial charge in [-0.25, -0.2) is 14.5 Å². The molecule has 0 spiro atoms. The number of anilines is 3. The number of hydrogen-bond acceptors (Lipinski definition) is 7. The highest BCUT2D eigenvalue weighted by atomic mass is 35.5. The molecule has 156 valence electrons. The van der Waals surface area contributed by atoms with Gasteiger partial charge in [-0.05, 0) is 32.9 Å². The van der Waals surface area contributed by atoms with Gasteiger partial charge >= 0.3 is 6.09 Å². The van der Waals surface area contributed by atoms with Crippen LogP contribution in [0.1, 0.15) is 20.8 Å². The summed E-state index contributed by atoms with van der Waals surface area (Å²) in [6.45, 7) is 8.12. The topological polar surface area (TPSA) is 92.6 Å². The third kappa shape index (κ3) is 5.38. The summed E-state index contributed by atoms with van der Waals surface area (Å²) in [5.41, 5.74) is 0.457. The highest BCUT2D eigenvalue weighted by molar-refractivity contribution is 6.29. The number of piperazine rings is 1. The van der Waals surface area contributed by atoms with Gasteiger partial charge in [0.1, 0.15) is 17.1 Å². The van der Waals surface area contributed by atoms with Crippen LogP contribution in [-0.4, -0.2) is 57.5 Å². The Hall–Kier alpha value is -2.81. The number of nitrogens with one attached hydrogen (secondary N) is 1. The largest absolute Gasteiger partial charge is 0.444 e. The van der Waals surface area contributed by atoms with E-state index in [0.717, 1.165) is 5.69 Å². The van der Waals surface area contributed by atoms with Crippen LogP contribution in [0.2, 0.25) is 5.15 Å². The van der Waals surface area contributed by atoms with Crippen molar-refractivity contribution in [3.05, 3.63) is 39.9 Å². The maximum atomic E-state index is 12.2. The maximum absolute atomic E-state index is 12.2. The fourth-order valence-electron chi connectivity index (χ4n) is 2.92. The van der Waals surface area contributed by atoms with E-state index in [1.807, 2.05) is 26.8 Å². The van der Waals surface area contributed by atoms with Crippen LogP contribution in [-0.2, 0) is 11.8 Å². The third-order valence-corrected chi connectivity index (χ3v) is 4.53. The van der Waals surface area contributed by atoms with E-state index < -0.39 is 5.60 Å². The molecule has 1 aliphatic rings. The van der Waals surface area contributed by atoms with Crippen LogP contribution in [0.25, 0.3) is 0 Å². The number of ether oxygens (including phenoxy) is 1. The van der Waals surface area contributed by atoms with Crippen LogP contribution in [0, 0.1) is 0 Å². The molecule has 0 aromatic carbocycles. The second-order valence-corrected chi connectivity index (χ2v) is 8.18. The molecule has 2 aromatic rings. The summed E-state index contributed by atoms with van der Waals surface area (Å²) in [5, 5.41) is 7.04. The lowest BCUT2D eigenvalue weighted by Crippen LogP contribution is -2.50. The zero-order chi connectivity index (χ0) is 21.2. The molecule has 3 rings (SSSR count). The van der Waals surface area contributed by atoms with Gasteiger partial charge in [0.05, 0.1) is 11.9 Å². The monoisotopic (exact) mass is 420 g/mol. The molecule has 3 heterocycles. The van der Waals surface area contributed by atoms with Gasteiger partial charge in [-0.2, -0.15) is 5.10 Å². The summed E-state index contributed by atoms with van der Waals surface area (Å²) >= 11 is 5.91. The number of carbonyl (C=O) groups excluding carboxylic acids is 1. The number of rotatable bonds is 3. The molecule has 1 saturated heterocycles. The first kappa shape index (κ1) is 20.9. The minimum absolute atomic E-state index is 0.217. The predicted molar refractivity (Wildman–Crippen MR) is 112 cm³/mol. The van der Waals surface area contributed by atoms with Crippen LogP contribution >= 0.6 is 11.6 Å². The Kier molecular flexibility index (Phi) is 5.97. The van der Waals surface area contributed by atoms with E-state index in [2.05, 4.69) is 20.3 Å². The van der Waals surface area contributed by atoms with Gasteiger partial charge in [0.2, 0.25) is 0 Å². The van der Waals surface area contributed by atoms with Gasteiger partial charge in [-0.3, -0.25) is 4.79 Å². The van der Waals surface area contributed by atoms with Crippen LogP contribution < -0.4 is 15.8 Å². The van der Waals surface area contributed by atoms with Crippen molar-refractivity contribution >= 4 is 34.9 Å². The van der Waals surface area contributed by atoms with Gasteiger partial charge in [0.25, 0.3) is 5.56 Å². The highest BCUT2D eigenvalue weighted by Crippen LogP contribution is 2.20. The first-order valence-corrected chi connectivity index (χ1v) is 9.70. The molecule has 1 amide bonds. The van der Waals surface area contributed by atoms with Crippen molar-refractivity contribution in [3.63, 3.8) is 0 Å². The second-order valence-electron chi connectivity index (χ2n) is 7.79. The number of aromatic nitrogens is 3. The Morgan fingerprint density at radius 2 is 1.90 bits per heavy atom. The fraction of sp³-hybridized carbons (Fsp3) is 0.474. The van der Waals surface area contributed by atoms with E-state index in [-0.39, 0.29) is 16.8 Å². The molecule has 0 saturated carbocycles. The molecule has 0 bridgehead atoms. The number of amides is 1. The normalized spacial score (nSPS) is 14.7. The highest BCUT2D eigenvalue weighted by Gasteiger charge is 2.26. The molecule has 1 fully saturated rings. The van der Waals surface area contributed by atoms with Crippen molar-refractivity contribution < 1.29 is 9.53 Å². The minimum atomic E-state index is -0.499. The number of aryl methyl sites for hydroxylation is 1. The number of halogens is 1. The van der Waals surface area contributed by atoms with Gasteiger partial charge in [-0.15, -0.1) is 0 Å². The van der Waals surface area contributed by atoms with E-state index in [9.17, 15) is 9.59 Å². The summed E-state index contributed by atoms with van der Waals surface area (Å²) in [5.74, 6) is 0.528. The lowest BCUT2D eigenvalue weighted by Gasteiger charge is -2.36. The van der Waals surface area contributed by atoms with Crippen molar-refractivity contribution in [2.75, 3.05) is 36.4 Å². The Morgan fingerprint density at radius 3 is 2.48 bits per heavy atom. The number of hydrogen-bond donors (Lipinski definition) is 1. The van der Waals surface area contributed by atoms with E-state index in [1.54, 1.807) is 17.2 Å². The third-order valence-electron chi connectivity index (χ3n) is 4.34. The van der Waals surface area contributed by atoms with E-state index in [1.165, 1.54) is 17.8 Å². The van der Waals surface area contributed by atoms with E-state index >= 15 is 0 Å². The summed E-state index contributed by atoms with van der Waals surface area (Å²) < 4.78 is 6.59. The van der Waals surface area contributed by atoms with Crippen molar-refractivity contribution in [3.8, 4) is 0 Å². The van der Waals surface area contributed by atoms with Crippen LogP contribution in [0.3, 0.4) is 0 Å². The van der Waals surface area contributed by atoms with E-state index in [0.29, 0.717) is 37.7 Å². The Balaban J connectivity index is 1.60. The smallest absolute Gasteiger partial charge is 0.410 e. The SMILES string of the molecule is Cn1nc(Cl)cc(Nc2ccc(N3CCN(C(=O)OC(C)(C)C)CC3)cn2)c1=O. The first-order chi connectivity index (χ1) is 13.6. The van der Waals surface area contributed by atoms with Gasteiger partial charge < -0.3 is 19.9 Å². The van der Waals surface area contributed by atoms with Crippen molar-refractivity contribution in [1.82, 2.24) is 19.7 Å². The molecular weight excluding hydrogens is 396 g/mol. The number of nitrogens with zero attached hydrogens (tertiary/aromatic N) is 5. The number of carbonyl (C=O) groups is 1. The zero-order valence-corrected chi connectivity index (χ0v) is 17.7. The lowest BCUT2D eigenvalue weighted by atomic mass is 10.2. The van der Waals surface area contributed by atoms with Gasteiger partial charge in [0.15, 0.2) is 5.15 Å². The molecular formula is C19H25ClN6O3. The Labute approximate surface area is 174 Å².